The minimum absolute atomic E-state index is 0.345. The molecule has 1 aliphatic heterocycles. The van der Waals surface area contributed by atoms with Gasteiger partial charge in [0.25, 0.3) is 0 Å². The molecule has 0 bridgehead atoms. The summed E-state index contributed by atoms with van der Waals surface area (Å²) in [6.45, 7) is 1.93. The number of nitrogens with one attached hydrogen (secondary N) is 1. The standard InChI is InChI=1S/C14H14ClN7/c15-10-1-3-12(4-2-10)21-8-7-11(9-21)16-13-5-6-14-17-19-20-22(14)18-13/h1-6,11H,7-9H2,(H,16,18)/t11-/m0/s1. The Bertz CT molecular complexity index is 785. The van der Waals surface area contributed by atoms with Crippen molar-refractivity contribution in [2.45, 2.75) is 12.5 Å². The van der Waals surface area contributed by atoms with Crippen LogP contribution >= 0.6 is 11.6 Å². The van der Waals surface area contributed by atoms with Crippen LogP contribution in [0.15, 0.2) is 36.4 Å². The average molecular weight is 316 g/mol. The van der Waals surface area contributed by atoms with Gasteiger partial charge in [0, 0.05) is 29.8 Å². The van der Waals surface area contributed by atoms with Crippen LogP contribution in [-0.4, -0.2) is 44.4 Å². The fourth-order valence-corrected chi connectivity index (χ4v) is 2.83. The lowest BCUT2D eigenvalue weighted by molar-refractivity contribution is 0.722. The topological polar surface area (TPSA) is 71.2 Å². The number of halogens is 1. The van der Waals surface area contributed by atoms with E-state index in [-0.39, 0.29) is 0 Å². The first-order valence-electron chi connectivity index (χ1n) is 7.10. The van der Waals surface area contributed by atoms with E-state index >= 15 is 0 Å². The van der Waals surface area contributed by atoms with Crippen molar-refractivity contribution in [3.05, 3.63) is 41.4 Å². The lowest BCUT2D eigenvalue weighted by Gasteiger charge is -2.19. The van der Waals surface area contributed by atoms with Gasteiger partial charge < -0.3 is 10.2 Å². The second-order valence-electron chi connectivity index (χ2n) is 5.30. The molecule has 1 aliphatic rings. The summed E-state index contributed by atoms with van der Waals surface area (Å²) in [5, 5.41) is 19.8. The van der Waals surface area contributed by atoms with Crippen LogP contribution in [0.25, 0.3) is 5.65 Å². The smallest absolute Gasteiger partial charge is 0.200 e. The van der Waals surface area contributed by atoms with Crippen LogP contribution in [0, 0.1) is 0 Å². The third-order valence-corrected chi connectivity index (χ3v) is 4.05. The van der Waals surface area contributed by atoms with Crippen molar-refractivity contribution in [2.75, 3.05) is 23.3 Å². The number of rotatable bonds is 3. The molecule has 3 aromatic rings. The molecule has 0 aliphatic carbocycles. The van der Waals surface area contributed by atoms with E-state index in [9.17, 15) is 0 Å². The molecule has 1 N–H and O–H groups in total. The summed E-state index contributed by atoms with van der Waals surface area (Å²) in [5.41, 5.74) is 1.83. The molecule has 0 radical (unpaired) electrons. The minimum Gasteiger partial charge on any atom is -0.369 e. The van der Waals surface area contributed by atoms with Gasteiger partial charge in [0.05, 0.1) is 0 Å². The molecular formula is C14H14ClN7. The fourth-order valence-electron chi connectivity index (χ4n) is 2.70. The normalized spacial score (nSPS) is 18.0. The van der Waals surface area contributed by atoms with Gasteiger partial charge in [0.1, 0.15) is 5.82 Å². The molecule has 8 heteroatoms. The van der Waals surface area contributed by atoms with E-state index < -0.39 is 0 Å². The van der Waals surface area contributed by atoms with Crippen molar-refractivity contribution in [1.82, 2.24) is 25.3 Å². The Morgan fingerprint density at radius 3 is 2.86 bits per heavy atom. The first-order chi connectivity index (χ1) is 10.8. The second kappa shape index (κ2) is 5.42. The van der Waals surface area contributed by atoms with Crippen LogP contribution in [0.5, 0.6) is 0 Å². The van der Waals surface area contributed by atoms with Crippen LogP contribution in [0.2, 0.25) is 5.02 Å². The number of hydrogen-bond acceptors (Lipinski definition) is 6. The number of hydrogen-bond donors (Lipinski definition) is 1. The molecule has 4 rings (SSSR count). The zero-order valence-corrected chi connectivity index (χ0v) is 12.5. The summed E-state index contributed by atoms with van der Waals surface area (Å²) in [6.07, 6.45) is 1.05. The molecule has 1 aromatic carbocycles. The summed E-state index contributed by atoms with van der Waals surface area (Å²) in [4.78, 5) is 2.34. The molecule has 2 aromatic heterocycles. The molecule has 1 saturated heterocycles. The average Bonchev–Trinajstić information content (AvgIpc) is 3.17. The van der Waals surface area contributed by atoms with Crippen LogP contribution in [0.4, 0.5) is 11.5 Å². The summed E-state index contributed by atoms with van der Waals surface area (Å²) in [5.74, 6) is 0.780. The highest BCUT2D eigenvalue weighted by Crippen LogP contribution is 2.23. The number of nitrogens with zero attached hydrogens (tertiary/aromatic N) is 6. The molecule has 0 spiro atoms. The molecule has 3 heterocycles. The van der Waals surface area contributed by atoms with Crippen molar-refractivity contribution < 1.29 is 0 Å². The highest BCUT2D eigenvalue weighted by Gasteiger charge is 2.23. The monoisotopic (exact) mass is 315 g/mol. The maximum absolute atomic E-state index is 5.94. The van der Waals surface area contributed by atoms with E-state index in [4.69, 9.17) is 11.6 Å². The predicted molar refractivity (Wildman–Crippen MR) is 84.3 cm³/mol. The van der Waals surface area contributed by atoms with Crippen molar-refractivity contribution in [2.24, 2.45) is 0 Å². The van der Waals surface area contributed by atoms with Gasteiger partial charge in [0.2, 0.25) is 0 Å². The third kappa shape index (κ3) is 2.55. The van der Waals surface area contributed by atoms with Crippen LogP contribution in [0.3, 0.4) is 0 Å². The highest BCUT2D eigenvalue weighted by molar-refractivity contribution is 6.30. The highest BCUT2D eigenvalue weighted by atomic mass is 35.5. The van der Waals surface area contributed by atoms with Crippen LogP contribution in [-0.2, 0) is 0 Å². The van der Waals surface area contributed by atoms with E-state index in [1.54, 1.807) is 0 Å². The van der Waals surface area contributed by atoms with Gasteiger partial charge in [-0.05, 0) is 53.2 Å². The maximum atomic E-state index is 5.94. The van der Waals surface area contributed by atoms with E-state index in [1.165, 1.54) is 10.3 Å². The van der Waals surface area contributed by atoms with Gasteiger partial charge in [-0.25, -0.2) is 0 Å². The number of benzene rings is 1. The Balaban J connectivity index is 1.45. The predicted octanol–water partition coefficient (Wildman–Crippen LogP) is 1.86. The molecule has 22 heavy (non-hydrogen) atoms. The van der Waals surface area contributed by atoms with Gasteiger partial charge in [0.15, 0.2) is 5.65 Å². The number of anilines is 2. The van der Waals surface area contributed by atoms with E-state index in [0.717, 1.165) is 30.4 Å². The van der Waals surface area contributed by atoms with Crippen LogP contribution in [0.1, 0.15) is 6.42 Å². The first kappa shape index (κ1) is 13.3. The molecule has 0 amide bonds. The van der Waals surface area contributed by atoms with Gasteiger partial charge in [-0.1, -0.05) is 11.6 Å². The van der Waals surface area contributed by atoms with E-state index in [2.05, 4.69) is 43.0 Å². The summed E-state index contributed by atoms with van der Waals surface area (Å²) >= 11 is 5.94. The zero-order chi connectivity index (χ0) is 14.9. The fraction of sp³-hybridized carbons (Fsp3) is 0.286. The Kier molecular flexibility index (Phi) is 3.27. The van der Waals surface area contributed by atoms with Gasteiger partial charge in [-0.15, -0.1) is 14.8 Å². The Morgan fingerprint density at radius 2 is 2.00 bits per heavy atom. The zero-order valence-electron chi connectivity index (χ0n) is 11.7. The number of tetrazole rings is 1. The molecule has 112 valence electrons. The van der Waals surface area contributed by atoms with Crippen LogP contribution < -0.4 is 10.2 Å². The summed E-state index contributed by atoms with van der Waals surface area (Å²) in [7, 11) is 0. The molecule has 7 nitrogen and oxygen atoms in total. The Labute approximate surface area is 131 Å². The van der Waals surface area contributed by atoms with Crippen molar-refractivity contribution in [1.29, 1.82) is 0 Å². The lowest BCUT2D eigenvalue weighted by atomic mass is 10.2. The second-order valence-corrected chi connectivity index (χ2v) is 5.73. The maximum Gasteiger partial charge on any atom is 0.200 e. The van der Waals surface area contributed by atoms with Gasteiger partial charge in [-0.2, -0.15) is 0 Å². The third-order valence-electron chi connectivity index (χ3n) is 3.80. The largest absolute Gasteiger partial charge is 0.369 e. The number of fused-ring (bicyclic) bond motifs is 1. The molecule has 0 unspecified atom stereocenters. The minimum atomic E-state index is 0.345. The molecule has 1 atom stereocenters. The van der Waals surface area contributed by atoms with Crippen molar-refractivity contribution in [3.63, 3.8) is 0 Å². The van der Waals surface area contributed by atoms with Gasteiger partial charge >= 0.3 is 0 Å². The lowest BCUT2D eigenvalue weighted by Crippen LogP contribution is -2.26. The van der Waals surface area contributed by atoms with Crippen molar-refractivity contribution >= 4 is 28.8 Å². The first-order valence-corrected chi connectivity index (χ1v) is 7.48. The summed E-state index contributed by atoms with van der Waals surface area (Å²) in [6, 6.07) is 12.0. The number of aromatic nitrogens is 5. The Hall–Kier alpha value is -2.41. The van der Waals surface area contributed by atoms with Gasteiger partial charge in [-0.3, -0.25) is 0 Å². The van der Waals surface area contributed by atoms with E-state index in [0.29, 0.717) is 11.7 Å². The SMILES string of the molecule is Clc1ccc(N2CC[C@H](Nc3ccc4nnnn4n3)C2)cc1. The molecule has 0 saturated carbocycles. The molecular weight excluding hydrogens is 302 g/mol. The Morgan fingerprint density at radius 1 is 1.14 bits per heavy atom. The summed E-state index contributed by atoms with van der Waals surface area (Å²) < 4.78 is 1.42. The quantitative estimate of drug-likeness (QED) is 0.795. The van der Waals surface area contributed by atoms with E-state index in [1.807, 2.05) is 24.3 Å². The van der Waals surface area contributed by atoms with Crippen molar-refractivity contribution in [3.8, 4) is 0 Å². The molecule has 1 fully saturated rings.